The lowest BCUT2D eigenvalue weighted by molar-refractivity contribution is 0.413. The Hall–Kier alpha value is -1.33. The summed E-state index contributed by atoms with van der Waals surface area (Å²) in [5, 5.41) is 3.51. The molecule has 0 amide bonds. The van der Waals surface area contributed by atoms with Crippen molar-refractivity contribution in [3.63, 3.8) is 0 Å². The van der Waals surface area contributed by atoms with Crippen LogP contribution in [0, 0.1) is 0 Å². The monoisotopic (exact) mass is 265 g/mol. The van der Waals surface area contributed by atoms with Crippen molar-refractivity contribution < 1.29 is 4.74 Å². The van der Waals surface area contributed by atoms with Gasteiger partial charge in [-0.2, -0.15) is 0 Å². The Morgan fingerprint density at radius 1 is 1.56 bits per heavy atom. The highest BCUT2D eigenvalue weighted by Crippen LogP contribution is 2.24. The van der Waals surface area contributed by atoms with E-state index in [0.29, 0.717) is 11.0 Å². The number of nitrogens with one attached hydrogen (secondary N) is 1. The highest BCUT2D eigenvalue weighted by molar-refractivity contribution is 7.80. The van der Waals surface area contributed by atoms with E-state index in [1.54, 1.807) is 7.11 Å². The molecular formula is C13H19N3OS. The van der Waals surface area contributed by atoms with Crippen LogP contribution in [0.2, 0.25) is 0 Å². The first-order chi connectivity index (χ1) is 8.60. The fourth-order valence-corrected chi connectivity index (χ4v) is 2.44. The van der Waals surface area contributed by atoms with E-state index in [1.807, 2.05) is 18.2 Å². The molecule has 1 atom stereocenters. The van der Waals surface area contributed by atoms with Gasteiger partial charge in [-0.05, 0) is 32.1 Å². The summed E-state index contributed by atoms with van der Waals surface area (Å²) in [5.41, 5.74) is 7.58. The van der Waals surface area contributed by atoms with Gasteiger partial charge in [0.15, 0.2) is 0 Å². The summed E-state index contributed by atoms with van der Waals surface area (Å²) in [5.74, 6) is 0.809. The van der Waals surface area contributed by atoms with Crippen molar-refractivity contribution in [2.75, 3.05) is 32.6 Å². The van der Waals surface area contributed by atoms with Gasteiger partial charge in [-0.25, -0.2) is 0 Å². The third-order valence-corrected chi connectivity index (χ3v) is 3.46. The van der Waals surface area contributed by atoms with Gasteiger partial charge in [-0.1, -0.05) is 12.2 Å². The standard InChI is InChI=1S/C13H19N3OS/c1-16-6-5-9(8-16)15-12-7-10(17-2)3-4-11(12)13(14)18/h3-4,7,9,15H,5-6,8H2,1-2H3,(H2,14,18). The van der Waals surface area contributed by atoms with Crippen LogP contribution in [0.1, 0.15) is 12.0 Å². The van der Waals surface area contributed by atoms with Crippen molar-refractivity contribution in [2.45, 2.75) is 12.5 Å². The zero-order chi connectivity index (χ0) is 13.1. The fraction of sp³-hybridized carbons (Fsp3) is 0.462. The molecule has 4 nitrogen and oxygen atoms in total. The Morgan fingerprint density at radius 2 is 2.33 bits per heavy atom. The summed E-state index contributed by atoms with van der Waals surface area (Å²) in [7, 11) is 3.78. The summed E-state index contributed by atoms with van der Waals surface area (Å²) in [6.07, 6.45) is 1.13. The molecule has 0 saturated carbocycles. The molecule has 1 aliphatic heterocycles. The minimum absolute atomic E-state index is 0.409. The number of benzene rings is 1. The SMILES string of the molecule is COc1ccc(C(N)=S)c(NC2CCN(C)C2)c1. The second-order valence-electron chi connectivity index (χ2n) is 4.67. The van der Waals surface area contributed by atoms with Gasteiger partial charge >= 0.3 is 0 Å². The van der Waals surface area contributed by atoms with E-state index in [-0.39, 0.29) is 0 Å². The van der Waals surface area contributed by atoms with Crippen LogP contribution in [0.15, 0.2) is 18.2 Å². The molecule has 0 aromatic heterocycles. The van der Waals surface area contributed by atoms with Crippen LogP contribution >= 0.6 is 12.2 Å². The van der Waals surface area contributed by atoms with Crippen molar-refractivity contribution >= 4 is 22.9 Å². The van der Waals surface area contributed by atoms with Gasteiger partial charge in [0.25, 0.3) is 0 Å². The normalized spacial score (nSPS) is 19.8. The van der Waals surface area contributed by atoms with Gasteiger partial charge in [0, 0.05) is 29.9 Å². The zero-order valence-corrected chi connectivity index (χ0v) is 11.6. The molecule has 0 aliphatic carbocycles. The van der Waals surface area contributed by atoms with Crippen LogP contribution in [0.25, 0.3) is 0 Å². The number of thiocarbonyl (C=S) groups is 1. The number of hydrogen-bond acceptors (Lipinski definition) is 4. The van der Waals surface area contributed by atoms with Crippen molar-refractivity contribution in [2.24, 2.45) is 5.73 Å². The summed E-state index contributed by atoms with van der Waals surface area (Å²) in [4.78, 5) is 2.71. The summed E-state index contributed by atoms with van der Waals surface area (Å²) >= 11 is 5.08. The van der Waals surface area contributed by atoms with Gasteiger partial charge in [0.1, 0.15) is 10.7 Å². The fourth-order valence-electron chi connectivity index (χ4n) is 2.26. The first-order valence-electron chi connectivity index (χ1n) is 6.03. The molecule has 1 aliphatic rings. The summed E-state index contributed by atoms with van der Waals surface area (Å²) in [6.45, 7) is 2.15. The van der Waals surface area contributed by atoms with E-state index < -0.39 is 0 Å². The Kier molecular flexibility index (Phi) is 4.04. The van der Waals surface area contributed by atoms with Gasteiger partial charge < -0.3 is 20.7 Å². The van der Waals surface area contributed by atoms with Gasteiger partial charge in [-0.15, -0.1) is 0 Å². The summed E-state index contributed by atoms with van der Waals surface area (Å²) < 4.78 is 5.24. The topological polar surface area (TPSA) is 50.5 Å². The van der Waals surface area contributed by atoms with Crippen LogP contribution in [0.5, 0.6) is 5.75 Å². The van der Waals surface area contributed by atoms with Crippen molar-refractivity contribution in [1.29, 1.82) is 0 Å². The molecule has 98 valence electrons. The molecule has 2 rings (SSSR count). The molecule has 0 radical (unpaired) electrons. The minimum Gasteiger partial charge on any atom is -0.497 e. The molecule has 18 heavy (non-hydrogen) atoms. The zero-order valence-electron chi connectivity index (χ0n) is 10.8. The Labute approximate surface area is 113 Å². The maximum atomic E-state index is 5.75. The molecule has 1 heterocycles. The first-order valence-corrected chi connectivity index (χ1v) is 6.44. The molecule has 1 unspecified atom stereocenters. The van der Waals surface area contributed by atoms with E-state index >= 15 is 0 Å². The quantitative estimate of drug-likeness (QED) is 0.807. The van der Waals surface area contributed by atoms with Gasteiger partial charge in [0.2, 0.25) is 0 Å². The molecular weight excluding hydrogens is 246 g/mol. The number of likely N-dealkylation sites (N-methyl/N-ethyl adjacent to an activating group) is 1. The molecule has 0 bridgehead atoms. The van der Waals surface area contributed by atoms with Crippen LogP contribution in [-0.4, -0.2) is 43.2 Å². The number of anilines is 1. The van der Waals surface area contributed by atoms with Crippen LogP contribution in [0.3, 0.4) is 0 Å². The second kappa shape index (κ2) is 5.54. The van der Waals surface area contributed by atoms with Crippen LogP contribution in [0.4, 0.5) is 5.69 Å². The lowest BCUT2D eigenvalue weighted by Crippen LogP contribution is -2.25. The molecule has 5 heteroatoms. The molecule has 1 aromatic carbocycles. The van der Waals surface area contributed by atoms with Crippen molar-refractivity contribution in [3.8, 4) is 5.75 Å². The maximum absolute atomic E-state index is 5.75. The predicted octanol–water partition coefficient (Wildman–Crippen LogP) is 1.45. The molecule has 1 aromatic rings. The Bertz CT molecular complexity index is 450. The van der Waals surface area contributed by atoms with Crippen molar-refractivity contribution in [3.05, 3.63) is 23.8 Å². The smallest absolute Gasteiger partial charge is 0.120 e. The van der Waals surface area contributed by atoms with Crippen molar-refractivity contribution in [1.82, 2.24) is 4.90 Å². The van der Waals surface area contributed by atoms with E-state index in [0.717, 1.165) is 36.5 Å². The number of nitrogens with zero attached hydrogens (tertiary/aromatic N) is 1. The highest BCUT2D eigenvalue weighted by Gasteiger charge is 2.20. The van der Waals surface area contributed by atoms with Crippen LogP contribution in [-0.2, 0) is 0 Å². The van der Waals surface area contributed by atoms with Gasteiger partial charge in [0.05, 0.1) is 7.11 Å². The number of methoxy groups -OCH3 is 1. The number of hydrogen-bond donors (Lipinski definition) is 2. The first kappa shape index (κ1) is 13.1. The molecule has 3 N–H and O–H groups in total. The average molecular weight is 265 g/mol. The van der Waals surface area contributed by atoms with E-state index in [4.69, 9.17) is 22.7 Å². The lowest BCUT2D eigenvalue weighted by atomic mass is 10.1. The third kappa shape index (κ3) is 2.91. The molecule has 1 fully saturated rings. The number of rotatable bonds is 4. The largest absolute Gasteiger partial charge is 0.497 e. The average Bonchev–Trinajstić information content (AvgIpc) is 2.74. The van der Waals surface area contributed by atoms with E-state index in [9.17, 15) is 0 Å². The van der Waals surface area contributed by atoms with Gasteiger partial charge in [-0.3, -0.25) is 0 Å². The lowest BCUT2D eigenvalue weighted by Gasteiger charge is -2.18. The van der Waals surface area contributed by atoms with Crippen LogP contribution < -0.4 is 15.8 Å². The highest BCUT2D eigenvalue weighted by atomic mass is 32.1. The number of likely N-dealkylation sites (tertiary alicyclic amines) is 1. The predicted molar refractivity (Wildman–Crippen MR) is 78.4 cm³/mol. The summed E-state index contributed by atoms with van der Waals surface area (Å²) in [6, 6.07) is 6.17. The maximum Gasteiger partial charge on any atom is 0.120 e. The second-order valence-corrected chi connectivity index (χ2v) is 5.11. The Balaban J connectivity index is 2.21. The molecule has 0 spiro atoms. The minimum atomic E-state index is 0.409. The third-order valence-electron chi connectivity index (χ3n) is 3.24. The Morgan fingerprint density at radius 3 is 2.89 bits per heavy atom. The number of ether oxygens (including phenoxy) is 1. The van der Waals surface area contributed by atoms with E-state index in [1.165, 1.54) is 0 Å². The number of nitrogens with two attached hydrogens (primary N) is 1. The van der Waals surface area contributed by atoms with E-state index in [2.05, 4.69) is 17.3 Å². The molecule has 1 saturated heterocycles.